The molecule has 3 heterocycles. The Morgan fingerprint density at radius 3 is 2.83 bits per heavy atom. The highest BCUT2D eigenvalue weighted by molar-refractivity contribution is 5.93. The molecule has 1 unspecified atom stereocenters. The lowest BCUT2D eigenvalue weighted by Gasteiger charge is -2.32. The van der Waals surface area contributed by atoms with Crippen LogP contribution in [0.3, 0.4) is 0 Å². The molecule has 2 aliphatic heterocycles. The minimum atomic E-state index is -0.0943. The van der Waals surface area contributed by atoms with Gasteiger partial charge in [0, 0.05) is 51.4 Å². The summed E-state index contributed by atoms with van der Waals surface area (Å²) in [5.74, 6) is 1.45. The fourth-order valence-corrected chi connectivity index (χ4v) is 4.49. The van der Waals surface area contributed by atoms with Crippen LogP contribution in [0.5, 0.6) is 5.75 Å². The van der Waals surface area contributed by atoms with E-state index in [-0.39, 0.29) is 11.5 Å². The minimum Gasteiger partial charge on any atom is -0.487 e. The van der Waals surface area contributed by atoms with Crippen molar-refractivity contribution in [1.82, 2.24) is 14.8 Å². The lowest BCUT2D eigenvalue weighted by molar-refractivity contribution is 0.0827. The molecular weight excluding hydrogens is 362 g/mol. The number of rotatable bonds is 4. The number of carbonyl (C=O) groups excluding carboxylic acids is 1. The molecule has 1 aromatic heterocycles. The molecule has 0 N–H and O–H groups in total. The predicted molar refractivity (Wildman–Crippen MR) is 114 cm³/mol. The summed E-state index contributed by atoms with van der Waals surface area (Å²) in [5, 5.41) is 0. The molecule has 0 spiro atoms. The number of nitrogens with zero attached hydrogens (tertiary/aromatic N) is 3. The molecule has 1 amide bonds. The van der Waals surface area contributed by atoms with Crippen LogP contribution in [0.2, 0.25) is 0 Å². The number of amides is 1. The molecule has 0 radical (unpaired) electrons. The molecule has 0 bridgehead atoms. The van der Waals surface area contributed by atoms with Crippen LogP contribution in [-0.4, -0.2) is 53.5 Å². The summed E-state index contributed by atoms with van der Waals surface area (Å²) in [6.45, 7) is 7.37. The number of ether oxygens (including phenoxy) is 1. The van der Waals surface area contributed by atoms with Crippen molar-refractivity contribution < 1.29 is 9.53 Å². The second-order valence-corrected chi connectivity index (χ2v) is 9.23. The van der Waals surface area contributed by atoms with Crippen LogP contribution in [0.4, 0.5) is 0 Å². The third-order valence-corrected chi connectivity index (χ3v) is 5.90. The van der Waals surface area contributed by atoms with E-state index in [0.717, 1.165) is 43.9 Å². The molecule has 0 aliphatic carbocycles. The Morgan fingerprint density at radius 2 is 2.10 bits per heavy atom. The summed E-state index contributed by atoms with van der Waals surface area (Å²) < 4.78 is 6.01. The van der Waals surface area contributed by atoms with Crippen LogP contribution in [0.1, 0.15) is 59.8 Å². The highest BCUT2D eigenvalue weighted by Gasteiger charge is 2.30. The van der Waals surface area contributed by atoms with Crippen molar-refractivity contribution in [3.8, 4) is 5.75 Å². The lowest BCUT2D eigenvalue weighted by atomic mass is 9.93. The van der Waals surface area contributed by atoms with Crippen LogP contribution in [0, 0.1) is 0 Å². The summed E-state index contributed by atoms with van der Waals surface area (Å²) in [5.41, 5.74) is 4.32. The SMILES string of the molecule is CN(C)C(=O)c1ccc(C2CCCN(Cc3ccc4c(c3)CC(C)(C)O4)C2)nc1. The van der Waals surface area contributed by atoms with Crippen molar-refractivity contribution in [2.45, 2.75) is 51.2 Å². The average Bonchev–Trinajstić information content (AvgIpc) is 3.01. The van der Waals surface area contributed by atoms with Gasteiger partial charge in [0.2, 0.25) is 0 Å². The van der Waals surface area contributed by atoms with Crippen LogP contribution in [0.15, 0.2) is 36.5 Å². The standard InChI is InChI=1S/C24H31N3O2/c1-24(2)13-20-12-17(7-10-22(20)29-24)15-27-11-5-6-19(16-27)21-9-8-18(14-25-21)23(28)26(3)4/h7-10,12,14,19H,5-6,11,13,15-16H2,1-4H3. The number of aromatic nitrogens is 1. The highest BCUT2D eigenvalue weighted by Crippen LogP contribution is 2.35. The van der Waals surface area contributed by atoms with Gasteiger partial charge in [-0.2, -0.15) is 0 Å². The molecular formula is C24H31N3O2. The fourth-order valence-electron chi connectivity index (χ4n) is 4.49. The summed E-state index contributed by atoms with van der Waals surface area (Å²) in [6, 6.07) is 10.6. The number of carbonyl (C=O) groups is 1. The van der Waals surface area contributed by atoms with Crippen molar-refractivity contribution in [2.75, 3.05) is 27.2 Å². The molecule has 1 aromatic carbocycles. The van der Waals surface area contributed by atoms with Gasteiger partial charge in [0.15, 0.2) is 0 Å². The molecule has 1 fully saturated rings. The Labute approximate surface area is 173 Å². The third-order valence-electron chi connectivity index (χ3n) is 5.90. The minimum absolute atomic E-state index is 0.00177. The van der Waals surface area contributed by atoms with E-state index >= 15 is 0 Å². The smallest absolute Gasteiger partial charge is 0.254 e. The molecule has 29 heavy (non-hydrogen) atoms. The average molecular weight is 394 g/mol. The van der Waals surface area contributed by atoms with E-state index in [1.807, 2.05) is 12.1 Å². The van der Waals surface area contributed by atoms with Crippen LogP contribution in [-0.2, 0) is 13.0 Å². The second kappa shape index (κ2) is 7.79. The zero-order valence-corrected chi connectivity index (χ0v) is 17.9. The van der Waals surface area contributed by atoms with Crippen LogP contribution in [0.25, 0.3) is 0 Å². The Kier molecular flexibility index (Phi) is 5.34. The Bertz CT molecular complexity index is 889. The quantitative estimate of drug-likeness (QED) is 0.791. The van der Waals surface area contributed by atoms with Crippen molar-refractivity contribution >= 4 is 5.91 Å². The van der Waals surface area contributed by atoms with Gasteiger partial charge in [0.05, 0.1) is 5.56 Å². The van der Waals surface area contributed by atoms with Crippen LogP contribution >= 0.6 is 0 Å². The predicted octanol–water partition coefficient (Wildman–Crippen LogP) is 3.88. The Hall–Kier alpha value is -2.40. The molecule has 2 aliphatic rings. The molecule has 154 valence electrons. The Balaban J connectivity index is 1.41. The molecule has 4 rings (SSSR count). The number of pyridine rings is 1. The number of benzene rings is 1. The molecule has 5 heteroatoms. The van der Waals surface area contributed by atoms with Gasteiger partial charge in [-0.3, -0.25) is 14.7 Å². The third kappa shape index (κ3) is 4.45. The zero-order chi connectivity index (χ0) is 20.6. The molecule has 0 saturated carbocycles. The van der Waals surface area contributed by atoms with Gasteiger partial charge in [-0.25, -0.2) is 0 Å². The van der Waals surface area contributed by atoms with Gasteiger partial charge in [-0.05, 0) is 62.6 Å². The maximum absolute atomic E-state index is 12.1. The van der Waals surface area contributed by atoms with E-state index < -0.39 is 0 Å². The summed E-state index contributed by atoms with van der Waals surface area (Å²) in [7, 11) is 3.53. The van der Waals surface area contributed by atoms with E-state index in [0.29, 0.717) is 11.5 Å². The zero-order valence-electron chi connectivity index (χ0n) is 17.9. The van der Waals surface area contributed by atoms with Gasteiger partial charge in [-0.1, -0.05) is 12.1 Å². The first-order valence-electron chi connectivity index (χ1n) is 10.5. The van der Waals surface area contributed by atoms with Gasteiger partial charge >= 0.3 is 0 Å². The summed E-state index contributed by atoms with van der Waals surface area (Å²) in [4.78, 5) is 20.8. The summed E-state index contributed by atoms with van der Waals surface area (Å²) in [6.07, 6.45) is 5.02. The molecule has 2 aromatic rings. The first kappa shape index (κ1) is 19.9. The van der Waals surface area contributed by atoms with Crippen molar-refractivity contribution in [2.24, 2.45) is 0 Å². The molecule has 5 nitrogen and oxygen atoms in total. The normalized spacial score (nSPS) is 20.8. The number of fused-ring (bicyclic) bond motifs is 1. The van der Waals surface area contributed by atoms with Gasteiger partial charge in [0.1, 0.15) is 11.4 Å². The molecule has 1 saturated heterocycles. The number of hydrogen-bond acceptors (Lipinski definition) is 4. The second-order valence-electron chi connectivity index (χ2n) is 9.23. The molecule has 1 atom stereocenters. The van der Waals surface area contributed by atoms with Gasteiger partial charge in [0.25, 0.3) is 5.91 Å². The fraction of sp³-hybridized carbons (Fsp3) is 0.500. The number of piperidine rings is 1. The van der Waals surface area contributed by atoms with E-state index in [4.69, 9.17) is 4.74 Å². The van der Waals surface area contributed by atoms with E-state index in [9.17, 15) is 4.79 Å². The van der Waals surface area contributed by atoms with Crippen LogP contribution < -0.4 is 4.74 Å². The first-order chi connectivity index (χ1) is 13.8. The van der Waals surface area contributed by atoms with Gasteiger partial charge in [-0.15, -0.1) is 0 Å². The number of hydrogen-bond donors (Lipinski definition) is 0. The van der Waals surface area contributed by atoms with Gasteiger partial charge < -0.3 is 9.64 Å². The highest BCUT2D eigenvalue weighted by atomic mass is 16.5. The van der Waals surface area contributed by atoms with E-state index in [1.54, 1.807) is 25.2 Å². The van der Waals surface area contributed by atoms with Crippen molar-refractivity contribution in [3.63, 3.8) is 0 Å². The maximum atomic E-state index is 12.1. The Morgan fingerprint density at radius 1 is 1.28 bits per heavy atom. The summed E-state index contributed by atoms with van der Waals surface area (Å²) >= 11 is 0. The van der Waals surface area contributed by atoms with Crippen molar-refractivity contribution in [3.05, 3.63) is 58.9 Å². The topological polar surface area (TPSA) is 45.7 Å². The van der Waals surface area contributed by atoms with Crippen molar-refractivity contribution in [1.29, 1.82) is 0 Å². The van der Waals surface area contributed by atoms with E-state index in [2.05, 4.69) is 41.9 Å². The lowest BCUT2D eigenvalue weighted by Crippen LogP contribution is -2.34. The largest absolute Gasteiger partial charge is 0.487 e. The van der Waals surface area contributed by atoms with E-state index in [1.165, 1.54) is 17.5 Å². The maximum Gasteiger partial charge on any atom is 0.254 e. The first-order valence-corrected chi connectivity index (χ1v) is 10.5. The monoisotopic (exact) mass is 393 g/mol. The number of likely N-dealkylation sites (tertiary alicyclic amines) is 1.